The molecule has 8 heteroatoms. The van der Waals surface area contributed by atoms with Gasteiger partial charge in [-0.05, 0) is 13.3 Å². The molecule has 1 saturated heterocycles. The number of morpholine rings is 1. The van der Waals surface area contributed by atoms with E-state index in [2.05, 4.69) is 10.3 Å². The van der Waals surface area contributed by atoms with Crippen molar-refractivity contribution < 1.29 is 19.4 Å². The van der Waals surface area contributed by atoms with E-state index in [1.54, 1.807) is 11.8 Å². The highest BCUT2D eigenvalue weighted by molar-refractivity contribution is 5.87. The summed E-state index contributed by atoms with van der Waals surface area (Å²) in [5, 5.41) is 16.7. The van der Waals surface area contributed by atoms with Crippen LogP contribution in [0.25, 0.3) is 0 Å². The topological polar surface area (TPSA) is 97.5 Å². The highest BCUT2D eigenvalue weighted by Gasteiger charge is 2.28. The molecule has 0 bridgehead atoms. The summed E-state index contributed by atoms with van der Waals surface area (Å²) in [7, 11) is 0. The van der Waals surface area contributed by atoms with Crippen molar-refractivity contribution in [2.75, 3.05) is 26.3 Å². The van der Waals surface area contributed by atoms with Crippen molar-refractivity contribution in [2.24, 2.45) is 0 Å². The molecular formula is C13H20N4O4. The first kappa shape index (κ1) is 15.4. The van der Waals surface area contributed by atoms with E-state index in [1.807, 2.05) is 6.92 Å². The van der Waals surface area contributed by atoms with Gasteiger partial charge in [0.05, 0.1) is 18.9 Å². The molecule has 116 valence electrons. The molecule has 0 radical (unpaired) electrons. The van der Waals surface area contributed by atoms with Crippen LogP contribution in [-0.4, -0.2) is 63.2 Å². The SMILES string of the molecule is CCCc1c(C(=O)O)nnn1C(C)C(=O)N1CCOCC1. The van der Waals surface area contributed by atoms with Crippen molar-refractivity contribution in [3.05, 3.63) is 11.4 Å². The number of rotatable bonds is 5. The quantitative estimate of drug-likeness (QED) is 0.842. The summed E-state index contributed by atoms with van der Waals surface area (Å²) in [6.07, 6.45) is 1.28. The lowest BCUT2D eigenvalue weighted by atomic mass is 10.2. The van der Waals surface area contributed by atoms with Crippen LogP contribution in [0.15, 0.2) is 0 Å². The Morgan fingerprint density at radius 3 is 2.62 bits per heavy atom. The number of aromatic nitrogens is 3. The van der Waals surface area contributed by atoms with Gasteiger partial charge < -0.3 is 14.7 Å². The van der Waals surface area contributed by atoms with Gasteiger partial charge in [0.2, 0.25) is 5.91 Å². The van der Waals surface area contributed by atoms with Crippen molar-refractivity contribution in [1.29, 1.82) is 0 Å². The average Bonchev–Trinajstić information content (AvgIpc) is 2.91. The fourth-order valence-corrected chi connectivity index (χ4v) is 2.41. The summed E-state index contributed by atoms with van der Waals surface area (Å²) < 4.78 is 6.66. The Hall–Kier alpha value is -1.96. The van der Waals surface area contributed by atoms with Crippen LogP contribution in [0.5, 0.6) is 0 Å². The van der Waals surface area contributed by atoms with Crippen molar-refractivity contribution in [1.82, 2.24) is 19.9 Å². The smallest absolute Gasteiger partial charge is 0.358 e. The fourth-order valence-electron chi connectivity index (χ4n) is 2.41. The standard InChI is InChI=1S/C13H20N4O4/c1-3-4-10-11(13(19)20)14-15-17(10)9(2)12(18)16-5-7-21-8-6-16/h9H,3-8H2,1-2H3,(H,19,20). The number of hydrogen-bond donors (Lipinski definition) is 1. The first-order valence-electron chi connectivity index (χ1n) is 7.10. The third kappa shape index (κ3) is 3.21. The molecule has 1 N–H and O–H groups in total. The van der Waals surface area contributed by atoms with Gasteiger partial charge in [-0.15, -0.1) is 5.10 Å². The molecule has 21 heavy (non-hydrogen) atoms. The van der Waals surface area contributed by atoms with E-state index in [0.29, 0.717) is 38.4 Å². The van der Waals surface area contributed by atoms with E-state index in [9.17, 15) is 9.59 Å². The van der Waals surface area contributed by atoms with Gasteiger partial charge in [-0.2, -0.15) is 0 Å². The lowest BCUT2D eigenvalue weighted by Crippen LogP contribution is -2.44. The van der Waals surface area contributed by atoms with Gasteiger partial charge in [0.1, 0.15) is 6.04 Å². The molecule has 1 atom stereocenters. The van der Waals surface area contributed by atoms with Crippen LogP contribution in [0.3, 0.4) is 0 Å². The van der Waals surface area contributed by atoms with Gasteiger partial charge in [-0.3, -0.25) is 4.79 Å². The molecule has 0 aliphatic carbocycles. The third-order valence-electron chi connectivity index (χ3n) is 3.53. The molecule has 1 aromatic rings. The van der Waals surface area contributed by atoms with Gasteiger partial charge in [0.15, 0.2) is 5.69 Å². The molecule has 2 heterocycles. The minimum Gasteiger partial charge on any atom is -0.476 e. The molecule has 1 fully saturated rings. The zero-order valence-electron chi connectivity index (χ0n) is 12.3. The zero-order valence-corrected chi connectivity index (χ0v) is 12.3. The van der Waals surface area contributed by atoms with Crippen LogP contribution in [0.2, 0.25) is 0 Å². The van der Waals surface area contributed by atoms with Crippen LogP contribution in [0.1, 0.15) is 42.5 Å². The molecule has 1 aromatic heterocycles. The Bertz CT molecular complexity index is 522. The highest BCUT2D eigenvalue weighted by Crippen LogP contribution is 2.17. The molecule has 1 aliphatic heterocycles. The van der Waals surface area contributed by atoms with Crippen LogP contribution in [0, 0.1) is 0 Å². The number of aromatic carboxylic acids is 1. The monoisotopic (exact) mass is 296 g/mol. The highest BCUT2D eigenvalue weighted by atomic mass is 16.5. The molecule has 0 spiro atoms. The van der Waals surface area contributed by atoms with Crippen molar-refractivity contribution >= 4 is 11.9 Å². The largest absolute Gasteiger partial charge is 0.476 e. The van der Waals surface area contributed by atoms with Crippen LogP contribution < -0.4 is 0 Å². The van der Waals surface area contributed by atoms with Crippen molar-refractivity contribution in [3.8, 4) is 0 Å². The number of carbonyl (C=O) groups is 2. The van der Waals surface area contributed by atoms with Crippen LogP contribution in [-0.2, 0) is 16.0 Å². The number of hydrogen-bond acceptors (Lipinski definition) is 5. The lowest BCUT2D eigenvalue weighted by Gasteiger charge is -2.29. The number of nitrogens with zero attached hydrogens (tertiary/aromatic N) is 4. The van der Waals surface area contributed by atoms with E-state index in [4.69, 9.17) is 9.84 Å². The minimum absolute atomic E-state index is 0.0709. The Morgan fingerprint density at radius 2 is 2.05 bits per heavy atom. The number of carboxylic acids is 1. The van der Waals surface area contributed by atoms with E-state index in [1.165, 1.54) is 4.68 Å². The first-order valence-corrected chi connectivity index (χ1v) is 7.10. The summed E-state index contributed by atoms with van der Waals surface area (Å²) in [6.45, 7) is 5.81. The first-order chi connectivity index (χ1) is 10.1. The average molecular weight is 296 g/mol. The van der Waals surface area contributed by atoms with Gasteiger partial charge in [0.25, 0.3) is 0 Å². The summed E-state index contributed by atoms with van der Waals surface area (Å²) in [6, 6.07) is -0.565. The maximum absolute atomic E-state index is 12.5. The molecular weight excluding hydrogens is 276 g/mol. The second-order valence-electron chi connectivity index (χ2n) is 5.00. The second kappa shape index (κ2) is 6.66. The Kier molecular flexibility index (Phi) is 4.89. The predicted molar refractivity (Wildman–Crippen MR) is 73.1 cm³/mol. The summed E-state index contributed by atoms with van der Waals surface area (Å²) in [5.74, 6) is -1.20. The normalized spacial score (nSPS) is 16.8. The van der Waals surface area contributed by atoms with Crippen LogP contribution in [0.4, 0.5) is 0 Å². The van der Waals surface area contributed by atoms with Crippen molar-refractivity contribution in [2.45, 2.75) is 32.7 Å². The Labute approximate surface area is 122 Å². The van der Waals surface area contributed by atoms with E-state index < -0.39 is 12.0 Å². The number of ether oxygens (including phenoxy) is 1. The minimum atomic E-state index is -1.12. The predicted octanol–water partition coefficient (Wildman–Crippen LogP) is 0.349. The molecule has 2 rings (SSSR count). The molecule has 1 aliphatic rings. The van der Waals surface area contributed by atoms with E-state index in [0.717, 1.165) is 6.42 Å². The molecule has 1 unspecified atom stereocenters. The lowest BCUT2D eigenvalue weighted by molar-refractivity contribution is -0.138. The summed E-state index contributed by atoms with van der Waals surface area (Å²) in [4.78, 5) is 25.4. The summed E-state index contributed by atoms with van der Waals surface area (Å²) >= 11 is 0. The Balaban J connectivity index is 2.23. The molecule has 8 nitrogen and oxygen atoms in total. The number of carboxylic acid groups (broad SMARTS) is 1. The van der Waals surface area contributed by atoms with E-state index >= 15 is 0 Å². The zero-order chi connectivity index (χ0) is 15.4. The van der Waals surface area contributed by atoms with Gasteiger partial charge >= 0.3 is 5.97 Å². The van der Waals surface area contributed by atoms with Gasteiger partial charge in [-0.1, -0.05) is 18.6 Å². The fraction of sp³-hybridized carbons (Fsp3) is 0.692. The molecule has 0 aromatic carbocycles. The Morgan fingerprint density at radius 1 is 1.38 bits per heavy atom. The third-order valence-corrected chi connectivity index (χ3v) is 3.53. The maximum atomic E-state index is 12.5. The van der Waals surface area contributed by atoms with E-state index in [-0.39, 0.29) is 11.6 Å². The van der Waals surface area contributed by atoms with Gasteiger partial charge in [0, 0.05) is 13.1 Å². The number of amides is 1. The molecule has 1 amide bonds. The van der Waals surface area contributed by atoms with Crippen LogP contribution >= 0.6 is 0 Å². The second-order valence-corrected chi connectivity index (χ2v) is 5.00. The summed E-state index contributed by atoms with van der Waals surface area (Å²) in [5.41, 5.74) is 0.428. The molecule has 0 saturated carbocycles. The van der Waals surface area contributed by atoms with Crippen molar-refractivity contribution in [3.63, 3.8) is 0 Å². The van der Waals surface area contributed by atoms with Gasteiger partial charge in [-0.25, -0.2) is 9.48 Å². The maximum Gasteiger partial charge on any atom is 0.358 e. The number of carbonyl (C=O) groups excluding carboxylic acids is 1.